The summed E-state index contributed by atoms with van der Waals surface area (Å²) in [6.07, 6.45) is 3.01. The molecule has 8 nitrogen and oxygen atoms in total. The van der Waals surface area contributed by atoms with Crippen LogP contribution in [0.25, 0.3) is 0 Å². The molecule has 0 bridgehead atoms. The Bertz CT molecular complexity index is 894. The number of carbonyl (C=O) groups is 2. The standard InChI is InChI=1S/C17H23N3O5S/c1-10-7-11(8-10)26(24,25)17(4-5-17)9-20-6-3-12-13(16(22)23)18-19(2)14(12)15(20)21/h10-11H,3-9H2,1-2H3,(H,22,23)/t10-,11+. The van der Waals surface area contributed by atoms with E-state index in [0.29, 0.717) is 50.1 Å². The van der Waals surface area contributed by atoms with Crippen LogP contribution in [0.5, 0.6) is 0 Å². The molecule has 3 aliphatic rings. The van der Waals surface area contributed by atoms with Crippen LogP contribution in [0, 0.1) is 5.92 Å². The van der Waals surface area contributed by atoms with Gasteiger partial charge in [0.25, 0.3) is 5.91 Å². The average molecular weight is 381 g/mol. The lowest BCUT2D eigenvalue weighted by atomic mass is 9.87. The number of carbonyl (C=O) groups excluding carboxylic acids is 1. The summed E-state index contributed by atoms with van der Waals surface area (Å²) in [7, 11) is -1.70. The molecule has 1 N–H and O–H groups in total. The predicted octanol–water partition coefficient (Wildman–Crippen LogP) is 0.862. The van der Waals surface area contributed by atoms with Crippen LogP contribution in [0.15, 0.2) is 0 Å². The zero-order valence-corrected chi connectivity index (χ0v) is 15.8. The van der Waals surface area contributed by atoms with Crippen LogP contribution >= 0.6 is 0 Å². The SMILES string of the molecule is Cn1nc(C(=O)O)c2c1C(=O)N(CC1(S(=O)(=O)[C@H]3C[C@@H](C)C3)CC1)CC2. The van der Waals surface area contributed by atoms with Crippen LogP contribution in [0.1, 0.15) is 59.1 Å². The van der Waals surface area contributed by atoms with Crippen molar-refractivity contribution in [2.75, 3.05) is 13.1 Å². The largest absolute Gasteiger partial charge is 0.476 e. The van der Waals surface area contributed by atoms with Gasteiger partial charge in [0.15, 0.2) is 15.5 Å². The van der Waals surface area contributed by atoms with Crippen molar-refractivity contribution in [3.8, 4) is 0 Å². The topological polar surface area (TPSA) is 110 Å². The lowest BCUT2D eigenvalue weighted by Crippen LogP contribution is -2.50. The normalized spacial score (nSPS) is 27.0. The minimum absolute atomic E-state index is 0.0901. The molecule has 2 fully saturated rings. The average Bonchev–Trinajstić information content (AvgIpc) is 3.25. The van der Waals surface area contributed by atoms with Crippen LogP contribution in [0.2, 0.25) is 0 Å². The molecule has 0 spiro atoms. The number of sulfone groups is 1. The summed E-state index contributed by atoms with van der Waals surface area (Å²) in [4.78, 5) is 25.8. The highest BCUT2D eigenvalue weighted by Crippen LogP contribution is 2.50. The Balaban J connectivity index is 1.57. The lowest BCUT2D eigenvalue weighted by molar-refractivity contribution is 0.0688. The van der Waals surface area contributed by atoms with Crippen molar-refractivity contribution in [2.24, 2.45) is 13.0 Å². The summed E-state index contributed by atoms with van der Waals surface area (Å²) in [5.41, 5.74) is 0.619. The maximum absolute atomic E-state index is 13.0. The van der Waals surface area contributed by atoms with E-state index in [2.05, 4.69) is 12.0 Å². The van der Waals surface area contributed by atoms with Crippen molar-refractivity contribution in [3.05, 3.63) is 17.0 Å². The maximum Gasteiger partial charge on any atom is 0.356 e. The number of nitrogens with zero attached hydrogens (tertiary/aromatic N) is 3. The highest BCUT2D eigenvalue weighted by molar-refractivity contribution is 7.93. The van der Waals surface area contributed by atoms with Gasteiger partial charge in [-0.15, -0.1) is 0 Å². The molecular formula is C17H23N3O5S. The summed E-state index contributed by atoms with van der Waals surface area (Å²) in [6.45, 7) is 2.59. The Morgan fingerprint density at radius 3 is 2.54 bits per heavy atom. The summed E-state index contributed by atoms with van der Waals surface area (Å²) >= 11 is 0. The van der Waals surface area contributed by atoms with E-state index < -0.39 is 20.6 Å². The third-order valence-corrected chi connectivity index (χ3v) is 9.14. The first-order valence-corrected chi connectivity index (χ1v) is 10.5. The lowest BCUT2D eigenvalue weighted by Gasteiger charge is -2.37. The van der Waals surface area contributed by atoms with Gasteiger partial charge in [-0.3, -0.25) is 9.48 Å². The van der Waals surface area contributed by atoms with Crippen molar-refractivity contribution >= 4 is 21.7 Å². The van der Waals surface area contributed by atoms with Gasteiger partial charge in [-0.1, -0.05) is 6.92 Å². The number of carboxylic acids is 1. The summed E-state index contributed by atoms with van der Waals surface area (Å²) in [6, 6.07) is 0. The Morgan fingerprint density at radius 1 is 1.35 bits per heavy atom. The molecule has 9 heteroatoms. The fourth-order valence-corrected chi connectivity index (χ4v) is 7.23. The number of fused-ring (bicyclic) bond motifs is 1. The van der Waals surface area contributed by atoms with Crippen LogP contribution in [0.3, 0.4) is 0 Å². The third-order valence-electron chi connectivity index (χ3n) is 6.13. The smallest absolute Gasteiger partial charge is 0.356 e. The number of aromatic nitrogens is 2. The van der Waals surface area contributed by atoms with Crippen LogP contribution in [0.4, 0.5) is 0 Å². The zero-order chi connectivity index (χ0) is 18.9. The highest BCUT2D eigenvalue weighted by atomic mass is 32.2. The molecule has 26 heavy (non-hydrogen) atoms. The van der Waals surface area contributed by atoms with Crippen LogP contribution in [-0.2, 0) is 23.3 Å². The van der Waals surface area contributed by atoms with Gasteiger partial charge in [-0.05, 0) is 38.0 Å². The van der Waals surface area contributed by atoms with Gasteiger partial charge in [-0.25, -0.2) is 13.2 Å². The van der Waals surface area contributed by atoms with Crippen molar-refractivity contribution < 1.29 is 23.1 Å². The van der Waals surface area contributed by atoms with Crippen molar-refractivity contribution in [1.29, 1.82) is 0 Å². The van der Waals surface area contributed by atoms with Gasteiger partial charge < -0.3 is 10.0 Å². The number of aryl methyl sites for hydroxylation is 1. The van der Waals surface area contributed by atoms with Gasteiger partial charge in [-0.2, -0.15) is 5.10 Å². The molecule has 0 radical (unpaired) electrons. The number of hydrogen-bond donors (Lipinski definition) is 1. The Labute approximate surface area is 152 Å². The van der Waals surface area contributed by atoms with Gasteiger partial charge in [0.1, 0.15) is 5.69 Å². The molecule has 2 saturated carbocycles. The van der Waals surface area contributed by atoms with E-state index in [0.717, 1.165) is 0 Å². The molecular weight excluding hydrogens is 358 g/mol. The molecule has 2 aliphatic carbocycles. The Kier molecular flexibility index (Phi) is 3.74. The molecule has 1 aromatic heterocycles. The second kappa shape index (κ2) is 5.55. The quantitative estimate of drug-likeness (QED) is 0.810. The number of amides is 1. The van der Waals surface area contributed by atoms with E-state index >= 15 is 0 Å². The number of rotatable bonds is 5. The van der Waals surface area contributed by atoms with Crippen LogP contribution in [-0.4, -0.2) is 63.2 Å². The first kappa shape index (κ1) is 17.5. The molecule has 142 valence electrons. The number of aromatic carboxylic acids is 1. The van der Waals surface area contributed by atoms with E-state index in [4.69, 9.17) is 0 Å². The van der Waals surface area contributed by atoms with E-state index in [-0.39, 0.29) is 29.1 Å². The molecule has 1 aromatic rings. The summed E-state index contributed by atoms with van der Waals surface area (Å²) in [5.74, 6) is -1.02. The van der Waals surface area contributed by atoms with E-state index in [1.165, 1.54) is 4.68 Å². The fourth-order valence-electron chi connectivity index (χ4n) is 4.35. The van der Waals surface area contributed by atoms with Crippen molar-refractivity contribution in [3.63, 3.8) is 0 Å². The fraction of sp³-hybridized carbons (Fsp3) is 0.706. The number of carboxylic acid groups (broad SMARTS) is 1. The minimum Gasteiger partial charge on any atom is -0.476 e. The monoisotopic (exact) mass is 381 g/mol. The van der Waals surface area contributed by atoms with Crippen molar-refractivity contribution in [2.45, 2.75) is 49.0 Å². The Hall–Kier alpha value is -1.90. The molecule has 1 amide bonds. The maximum atomic E-state index is 13.0. The van der Waals surface area contributed by atoms with E-state index in [1.807, 2.05) is 0 Å². The molecule has 2 heterocycles. The first-order chi connectivity index (χ1) is 12.2. The third kappa shape index (κ3) is 2.39. The summed E-state index contributed by atoms with van der Waals surface area (Å²) in [5, 5.41) is 12.9. The molecule has 0 aromatic carbocycles. The second-order valence-corrected chi connectivity index (χ2v) is 10.6. The minimum atomic E-state index is -3.25. The molecule has 4 rings (SSSR count). The van der Waals surface area contributed by atoms with E-state index in [1.54, 1.807) is 11.9 Å². The molecule has 0 atom stereocenters. The summed E-state index contributed by atoms with van der Waals surface area (Å²) < 4.78 is 26.5. The van der Waals surface area contributed by atoms with E-state index in [9.17, 15) is 23.1 Å². The molecule has 1 aliphatic heterocycles. The van der Waals surface area contributed by atoms with Gasteiger partial charge in [0.2, 0.25) is 0 Å². The zero-order valence-electron chi connectivity index (χ0n) is 14.9. The van der Waals surface area contributed by atoms with Gasteiger partial charge in [0.05, 0.1) is 10.00 Å². The Morgan fingerprint density at radius 2 is 2.00 bits per heavy atom. The van der Waals surface area contributed by atoms with Gasteiger partial charge >= 0.3 is 5.97 Å². The van der Waals surface area contributed by atoms with Gasteiger partial charge in [0, 0.05) is 25.7 Å². The predicted molar refractivity (Wildman–Crippen MR) is 92.8 cm³/mol. The first-order valence-electron chi connectivity index (χ1n) is 8.98. The molecule has 0 unspecified atom stereocenters. The van der Waals surface area contributed by atoms with Crippen LogP contribution < -0.4 is 0 Å². The number of hydrogen-bond acceptors (Lipinski definition) is 5. The molecule has 0 saturated heterocycles. The highest BCUT2D eigenvalue weighted by Gasteiger charge is 2.59. The van der Waals surface area contributed by atoms with Crippen molar-refractivity contribution in [1.82, 2.24) is 14.7 Å². The second-order valence-electron chi connectivity index (χ2n) is 8.01.